The van der Waals surface area contributed by atoms with Gasteiger partial charge in [-0.25, -0.2) is 0 Å². The lowest BCUT2D eigenvalue weighted by Gasteiger charge is -2.02. The molecule has 0 aliphatic carbocycles. The minimum absolute atomic E-state index is 0.403. The predicted molar refractivity (Wildman–Crippen MR) is 98.9 cm³/mol. The van der Waals surface area contributed by atoms with Gasteiger partial charge in [0.05, 0.1) is 0 Å². The fourth-order valence-corrected chi connectivity index (χ4v) is 2.65. The molecule has 5 nitrogen and oxygen atoms in total. The summed E-state index contributed by atoms with van der Waals surface area (Å²) in [5.74, 6) is -0.403. The molecule has 0 radical (unpaired) electrons. The van der Waals surface area contributed by atoms with E-state index in [4.69, 9.17) is 24.3 Å². The van der Waals surface area contributed by atoms with Crippen LogP contribution in [0.4, 0.5) is 0 Å². The Bertz CT molecular complexity index is 281. The van der Waals surface area contributed by atoms with Crippen LogP contribution in [0.5, 0.6) is 0 Å². The number of unbranched alkanes of at least 4 members (excludes halogenated alkanes) is 14. The maximum absolute atomic E-state index is 8.63. The van der Waals surface area contributed by atoms with Crippen molar-refractivity contribution in [2.24, 2.45) is 0 Å². The van der Waals surface area contributed by atoms with Crippen LogP contribution in [0.15, 0.2) is 0 Å². The molecule has 0 aromatic rings. The second kappa shape index (κ2) is 22.5. The van der Waals surface area contributed by atoms with Gasteiger partial charge in [-0.1, -0.05) is 96.8 Å². The van der Waals surface area contributed by atoms with Gasteiger partial charge in [0.25, 0.3) is 0 Å². The van der Waals surface area contributed by atoms with Gasteiger partial charge in [0.2, 0.25) is 0 Å². The Morgan fingerprint density at radius 1 is 0.792 bits per heavy atom. The third-order valence-electron chi connectivity index (χ3n) is 4.00. The van der Waals surface area contributed by atoms with Crippen molar-refractivity contribution in [1.82, 2.24) is 0 Å². The Labute approximate surface area is 148 Å². The summed E-state index contributed by atoms with van der Waals surface area (Å²) in [5, 5.41) is 8.63. The SMILES string of the molecule is CCCCCCCCCCCCCCCCCC(O)=[OH+].O=[P+]([O-])O. The van der Waals surface area contributed by atoms with Crippen molar-refractivity contribution in [3.05, 3.63) is 0 Å². The first kappa shape index (κ1) is 25.7. The van der Waals surface area contributed by atoms with Gasteiger partial charge in [-0.15, -0.1) is 0 Å². The number of carboxylic acid groups (broad SMARTS) is 1. The van der Waals surface area contributed by atoms with Gasteiger partial charge in [0, 0.05) is 0 Å². The van der Waals surface area contributed by atoms with Gasteiger partial charge in [0.15, 0.2) is 0 Å². The highest BCUT2D eigenvalue weighted by atomic mass is 31.1. The summed E-state index contributed by atoms with van der Waals surface area (Å²) in [7, 11) is -3.12. The van der Waals surface area contributed by atoms with Crippen LogP contribution in [0.2, 0.25) is 0 Å². The van der Waals surface area contributed by atoms with Crippen molar-refractivity contribution in [2.75, 3.05) is 0 Å². The molecule has 0 aromatic heterocycles. The Hall–Kier alpha value is -0.510. The summed E-state index contributed by atoms with van der Waals surface area (Å²) in [4.78, 5) is 24.2. The third-order valence-corrected chi connectivity index (χ3v) is 4.00. The molecule has 6 heteroatoms. The van der Waals surface area contributed by atoms with E-state index < -0.39 is 14.2 Å². The van der Waals surface area contributed by atoms with E-state index in [1.807, 2.05) is 0 Å². The molecule has 0 saturated carbocycles. The molecule has 24 heavy (non-hydrogen) atoms. The number of aliphatic hydroxyl groups excluding tert-OH is 1. The zero-order chi connectivity index (χ0) is 18.5. The van der Waals surface area contributed by atoms with Crippen molar-refractivity contribution in [3.63, 3.8) is 0 Å². The molecule has 1 atom stereocenters. The highest BCUT2D eigenvalue weighted by Crippen LogP contribution is 2.13. The van der Waals surface area contributed by atoms with Crippen LogP contribution in [0.1, 0.15) is 110 Å². The van der Waals surface area contributed by atoms with Crippen molar-refractivity contribution < 1.29 is 24.3 Å². The zero-order valence-electron chi connectivity index (χ0n) is 15.4. The molecule has 0 saturated heterocycles. The number of rotatable bonds is 16. The Kier molecular flexibility index (Phi) is 24.1. The van der Waals surface area contributed by atoms with Gasteiger partial charge in [-0.05, 0) is 11.0 Å². The fraction of sp³-hybridized carbons (Fsp3) is 0.944. The zero-order valence-corrected chi connectivity index (χ0v) is 16.3. The molecule has 0 fully saturated rings. The first-order valence-electron chi connectivity index (χ1n) is 9.57. The lowest BCUT2D eigenvalue weighted by Crippen LogP contribution is -1.94. The van der Waals surface area contributed by atoms with E-state index >= 15 is 0 Å². The highest BCUT2D eigenvalue weighted by Gasteiger charge is 2.02. The molecule has 3 N–H and O–H groups in total. The van der Waals surface area contributed by atoms with Crippen LogP contribution >= 0.6 is 8.25 Å². The molecular formula is C18H38O5P+. The van der Waals surface area contributed by atoms with E-state index in [1.165, 1.54) is 83.5 Å². The third kappa shape index (κ3) is 33.2. The minimum Gasteiger partial charge on any atom is -0.567 e. The first-order valence-corrected chi connectivity index (χ1v) is 10.7. The first-order chi connectivity index (χ1) is 11.5. The molecule has 0 aliphatic heterocycles. The van der Waals surface area contributed by atoms with E-state index in [0.29, 0.717) is 6.42 Å². The second-order valence-corrected chi connectivity index (χ2v) is 6.83. The lowest BCUT2D eigenvalue weighted by atomic mass is 10.0. The fourth-order valence-electron chi connectivity index (χ4n) is 2.65. The van der Waals surface area contributed by atoms with Crippen LogP contribution in [-0.4, -0.2) is 20.8 Å². The standard InChI is InChI=1S/C18H36O2.HO3P/c1-2-3-4-5-6-7-8-9-10-11-12-13-14-15-16-17-18(19)20;1-4(2)3/h2-17H2,1H3,(H,19,20);(H,1,2,3)/p+1. The maximum atomic E-state index is 8.63. The van der Waals surface area contributed by atoms with E-state index in [-0.39, 0.29) is 0 Å². The monoisotopic (exact) mass is 365 g/mol. The summed E-state index contributed by atoms with van der Waals surface area (Å²) < 4.78 is 8.59. The maximum Gasteiger partial charge on any atom is 0.485 e. The molecule has 0 rings (SSSR count). The predicted octanol–water partition coefficient (Wildman–Crippen LogP) is 5.30. The molecule has 0 aliphatic rings. The average molecular weight is 365 g/mol. The minimum atomic E-state index is -3.12. The van der Waals surface area contributed by atoms with Gasteiger partial charge in [0.1, 0.15) is 6.42 Å². The summed E-state index contributed by atoms with van der Waals surface area (Å²) in [6, 6.07) is 0. The molecule has 144 valence electrons. The normalized spacial score (nSPS) is 10.9. The quantitative estimate of drug-likeness (QED) is 0.220. The van der Waals surface area contributed by atoms with Crippen molar-refractivity contribution in [2.45, 2.75) is 110 Å². The lowest BCUT2D eigenvalue weighted by molar-refractivity contribution is -0.180. The van der Waals surface area contributed by atoms with Crippen LogP contribution in [-0.2, 0) is 4.57 Å². The largest absolute Gasteiger partial charge is 0.567 e. The number of hydrogen-bond acceptors (Lipinski definition) is 2. The van der Waals surface area contributed by atoms with E-state index in [2.05, 4.69) is 6.92 Å². The van der Waals surface area contributed by atoms with Gasteiger partial charge in [-0.3, -0.25) is 0 Å². The molecular weight excluding hydrogens is 327 g/mol. The van der Waals surface area contributed by atoms with E-state index in [0.717, 1.165) is 12.8 Å². The molecule has 0 spiro atoms. The van der Waals surface area contributed by atoms with E-state index in [9.17, 15) is 0 Å². The average Bonchev–Trinajstić information content (AvgIpc) is 2.50. The number of aliphatic carboxylic acids is 1. The smallest absolute Gasteiger partial charge is 0.485 e. The summed E-state index contributed by atoms with van der Waals surface area (Å²) in [6.45, 7) is 2.27. The molecule has 0 aromatic carbocycles. The van der Waals surface area contributed by atoms with Gasteiger partial charge in [-0.2, -0.15) is 4.89 Å². The topological polar surface area (TPSA) is 102 Å². The second-order valence-electron chi connectivity index (χ2n) is 6.35. The molecule has 0 bridgehead atoms. The van der Waals surface area contributed by atoms with Crippen molar-refractivity contribution in [1.29, 1.82) is 0 Å². The van der Waals surface area contributed by atoms with Crippen molar-refractivity contribution in [3.8, 4) is 0 Å². The van der Waals surface area contributed by atoms with E-state index in [1.54, 1.807) is 0 Å². The highest BCUT2D eigenvalue weighted by molar-refractivity contribution is 7.29. The molecule has 1 unspecified atom stereocenters. The van der Waals surface area contributed by atoms with Crippen LogP contribution in [0, 0.1) is 0 Å². The Morgan fingerprint density at radius 3 is 1.29 bits per heavy atom. The van der Waals surface area contributed by atoms with Gasteiger partial charge >= 0.3 is 14.2 Å². The Morgan fingerprint density at radius 2 is 1.04 bits per heavy atom. The van der Waals surface area contributed by atoms with Crippen LogP contribution in [0.3, 0.4) is 0 Å². The number of hydrogen-bond donors (Lipinski definition) is 2. The molecule has 0 heterocycles. The summed E-state index contributed by atoms with van der Waals surface area (Å²) in [6.07, 6.45) is 20.5. The van der Waals surface area contributed by atoms with Crippen LogP contribution < -0.4 is 4.89 Å². The van der Waals surface area contributed by atoms with Gasteiger partial charge < -0.3 is 14.8 Å². The Balaban J connectivity index is 0. The summed E-state index contributed by atoms with van der Waals surface area (Å²) in [5.41, 5.74) is 0. The van der Waals surface area contributed by atoms with Crippen LogP contribution in [0.25, 0.3) is 0 Å². The summed E-state index contributed by atoms with van der Waals surface area (Å²) >= 11 is 0. The number of carboxylic acids is 1. The van der Waals surface area contributed by atoms with Crippen molar-refractivity contribution >= 4 is 14.2 Å². The molecule has 0 amide bonds.